The summed E-state index contributed by atoms with van der Waals surface area (Å²) in [6.07, 6.45) is 1.24. The van der Waals surface area contributed by atoms with Gasteiger partial charge in [-0.2, -0.15) is 4.98 Å². The Kier molecular flexibility index (Phi) is 10.1. The number of hydrogen-bond acceptors (Lipinski definition) is 9. The summed E-state index contributed by atoms with van der Waals surface area (Å²) in [4.78, 5) is 11.5. The minimum atomic E-state index is -0.534. The second-order valence-corrected chi connectivity index (χ2v) is 12.2. The van der Waals surface area contributed by atoms with Crippen molar-refractivity contribution in [2.24, 2.45) is 0 Å². The van der Waals surface area contributed by atoms with Crippen LogP contribution in [-0.4, -0.2) is 89.1 Å². The van der Waals surface area contributed by atoms with Crippen molar-refractivity contribution in [3.05, 3.63) is 77.9 Å². The molecule has 4 aromatic rings. The lowest BCUT2D eigenvalue weighted by Gasteiger charge is -2.38. The number of morpholine rings is 1. The largest absolute Gasteiger partial charge is 0.398 e. The fourth-order valence-electron chi connectivity index (χ4n) is 6.03. The van der Waals surface area contributed by atoms with Gasteiger partial charge in [0.25, 0.3) is 0 Å². The molecule has 3 heterocycles. The maximum atomic E-state index is 8.26. The summed E-state index contributed by atoms with van der Waals surface area (Å²) in [7, 11) is 0. The molecule has 240 valence electrons. The van der Waals surface area contributed by atoms with Gasteiger partial charge in [0.05, 0.1) is 18.4 Å². The van der Waals surface area contributed by atoms with E-state index in [4.69, 9.17) is 23.3 Å². The number of nitrogen functional groups attached to an aromatic ring is 3. The molecule has 3 aromatic carbocycles. The first kappa shape index (κ1) is 30.9. The highest BCUT2D eigenvalue weighted by atomic mass is 16.5. The summed E-state index contributed by atoms with van der Waals surface area (Å²) in [6, 6.07) is 21.6. The van der Waals surface area contributed by atoms with Crippen LogP contribution in [0.5, 0.6) is 0 Å². The third-order valence-electron chi connectivity index (χ3n) is 8.47. The highest BCUT2D eigenvalue weighted by Crippen LogP contribution is 2.29. The third-order valence-corrected chi connectivity index (χ3v) is 8.47. The molecule has 10 nitrogen and oxygen atoms in total. The van der Waals surface area contributed by atoms with Gasteiger partial charge in [-0.1, -0.05) is 24.3 Å². The second-order valence-electron chi connectivity index (χ2n) is 12.2. The normalized spacial score (nSPS) is 18.3. The summed E-state index contributed by atoms with van der Waals surface area (Å²) >= 11 is 0. The number of ether oxygens (including phenoxy) is 1. The fraction of sp³-hybridized carbons (Fsp3) is 0.429. The second kappa shape index (κ2) is 14.8. The monoisotopic (exact) mass is 612 g/mol. The average Bonchev–Trinajstić information content (AvgIpc) is 3.43. The molecular weight excluding hydrogens is 562 g/mol. The van der Waals surface area contributed by atoms with E-state index in [1.165, 1.54) is 11.3 Å². The van der Waals surface area contributed by atoms with Gasteiger partial charge < -0.3 is 26.8 Å². The van der Waals surface area contributed by atoms with E-state index >= 15 is 0 Å². The highest BCUT2D eigenvalue weighted by Gasteiger charge is 2.21. The van der Waals surface area contributed by atoms with E-state index < -0.39 is 6.02 Å². The number of para-hydroxylation sites is 1. The zero-order valence-electron chi connectivity index (χ0n) is 28.1. The van der Waals surface area contributed by atoms with Crippen LogP contribution in [0.2, 0.25) is 0 Å². The van der Waals surface area contributed by atoms with Gasteiger partial charge in [0.2, 0.25) is 5.95 Å². The Balaban J connectivity index is 0.000000209. The van der Waals surface area contributed by atoms with Crippen molar-refractivity contribution < 1.29 is 6.11 Å². The number of nitrogens with zero attached hydrogens (tertiary/aromatic N) is 6. The van der Waals surface area contributed by atoms with Gasteiger partial charge in [0.15, 0.2) is 5.82 Å². The maximum Gasteiger partial charge on any atom is 0.240 e. The zero-order chi connectivity index (χ0) is 32.8. The Hall–Kier alpha value is -4.12. The Morgan fingerprint density at radius 2 is 1.62 bits per heavy atom. The van der Waals surface area contributed by atoms with Gasteiger partial charge in [-0.15, -0.1) is 5.10 Å². The molecule has 2 aliphatic rings. The minimum absolute atomic E-state index is 0.262. The number of nitrogens with two attached hydrogens (primary N) is 3. The van der Waals surface area contributed by atoms with Crippen LogP contribution >= 0.6 is 0 Å². The van der Waals surface area contributed by atoms with Gasteiger partial charge in [0.1, 0.15) is 0 Å². The molecule has 2 saturated heterocycles. The summed E-state index contributed by atoms with van der Waals surface area (Å²) < 4.78 is 15.6. The lowest BCUT2D eigenvalue weighted by molar-refractivity contribution is -0.0177. The molecule has 1 aromatic heterocycles. The lowest BCUT2D eigenvalue weighted by Crippen LogP contribution is -2.48. The number of rotatable bonds is 7. The minimum Gasteiger partial charge on any atom is -0.398 e. The van der Waals surface area contributed by atoms with Gasteiger partial charge in [-0.25, -0.2) is 4.68 Å². The lowest BCUT2D eigenvalue weighted by atomic mass is 10.1. The summed E-state index contributed by atoms with van der Waals surface area (Å²) in [5.41, 5.74) is 24.8. The van der Waals surface area contributed by atoms with Crippen LogP contribution < -0.4 is 22.1 Å². The highest BCUT2D eigenvalue weighted by molar-refractivity contribution is 5.67. The van der Waals surface area contributed by atoms with Crippen LogP contribution in [0.4, 0.5) is 23.0 Å². The van der Waals surface area contributed by atoms with E-state index in [0.717, 1.165) is 92.9 Å². The molecule has 6 N–H and O–H groups in total. The third kappa shape index (κ3) is 8.33. The molecule has 1 atom stereocenters. The van der Waals surface area contributed by atoms with E-state index in [2.05, 4.69) is 56.8 Å². The van der Waals surface area contributed by atoms with Crippen molar-refractivity contribution in [2.45, 2.75) is 46.2 Å². The molecule has 0 aliphatic carbocycles. The predicted molar refractivity (Wildman–Crippen MR) is 186 cm³/mol. The zero-order valence-corrected chi connectivity index (χ0v) is 27.1. The molecule has 1 unspecified atom stereocenters. The van der Waals surface area contributed by atoms with E-state index in [0.29, 0.717) is 6.10 Å². The van der Waals surface area contributed by atoms with Gasteiger partial charge in [-0.3, -0.25) is 9.80 Å². The van der Waals surface area contributed by atoms with Crippen LogP contribution in [0.15, 0.2) is 66.7 Å². The SMILES string of the molecule is CC1CN(CCc2c(N)cccc2N)CCO1.[2H]C(C)(C)N1CCN(c2cc(C)cc(-c3nc(N)nn3-c3ccccc3)c2)CC1. The molecule has 2 aliphatic heterocycles. The number of aryl methyl sites for hydroxylation is 1. The predicted octanol–water partition coefficient (Wildman–Crippen LogP) is 4.47. The van der Waals surface area contributed by atoms with E-state index in [1.54, 1.807) is 4.68 Å². The molecule has 6 rings (SSSR count). The molecule has 2 fully saturated rings. The summed E-state index contributed by atoms with van der Waals surface area (Å²) in [5.74, 6) is 1.00. The Morgan fingerprint density at radius 3 is 2.29 bits per heavy atom. The van der Waals surface area contributed by atoms with Crippen LogP contribution in [0, 0.1) is 6.92 Å². The first-order chi connectivity index (χ1) is 22.0. The van der Waals surface area contributed by atoms with Crippen molar-refractivity contribution in [2.75, 3.05) is 74.5 Å². The molecule has 0 amide bonds. The summed E-state index contributed by atoms with van der Waals surface area (Å²) in [5, 5.41) is 4.41. The quantitative estimate of drug-likeness (QED) is 0.259. The first-order valence-corrected chi connectivity index (χ1v) is 15.8. The number of piperazine rings is 1. The van der Waals surface area contributed by atoms with Crippen molar-refractivity contribution in [1.29, 1.82) is 0 Å². The Bertz CT molecular complexity index is 1560. The first-order valence-electron chi connectivity index (χ1n) is 16.3. The Morgan fingerprint density at radius 1 is 0.911 bits per heavy atom. The molecule has 0 bridgehead atoms. The summed E-state index contributed by atoms with van der Waals surface area (Å²) in [6.45, 7) is 15.5. The van der Waals surface area contributed by atoms with Crippen LogP contribution in [0.3, 0.4) is 0 Å². The molecule has 0 saturated carbocycles. The van der Waals surface area contributed by atoms with Crippen molar-refractivity contribution in [3.63, 3.8) is 0 Å². The standard InChI is InChI=1S/C22H28N6.C13H21N3O/c1-16(2)26-9-11-27(12-10-26)20-14-17(3)13-18(15-20)21-24-22(23)25-28(21)19-7-5-4-6-8-19;1-10-9-16(7-8-17-10)6-5-11-12(14)3-2-4-13(11)15/h4-8,13-16H,9-12H2,1-3H3,(H2,23,25);2-4,10H,5-9,14-15H2,1H3/i16D;. The van der Waals surface area contributed by atoms with Crippen LogP contribution in [0.25, 0.3) is 17.1 Å². The van der Waals surface area contributed by atoms with E-state index in [1.807, 2.05) is 62.4 Å². The van der Waals surface area contributed by atoms with Crippen molar-refractivity contribution in [1.82, 2.24) is 24.6 Å². The van der Waals surface area contributed by atoms with E-state index in [-0.39, 0.29) is 5.95 Å². The topological polar surface area (TPSA) is 128 Å². The average molecular weight is 613 g/mol. The molecule has 10 heteroatoms. The molecule has 45 heavy (non-hydrogen) atoms. The number of benzene rings is 3. The van der Waals surface area contributed by atoms with Gasteiger partial charge >= 0.3 is 0 Å². The van der Waals surface area contributed by atoms with Gasteiger partial charge in [0, 0.05) is 75.8 Å². The maximum absolute atomic E-state index is 8.26. The van der Waals surface area contributed by atoms with Crippen LogP contribution in [0.1, 0.15) is 33.3 Å². The number of hydrogen-bond donors (Lipinski definition) is 3. The fourth-order valence-corrected chi connectivity index (χ4v) is 6.03. The molecule has 0 radical (unpaired) electrons. The Labute approximate surface area is 269 Å². The number of anilines is 4. The van der Waals surface area contributed by atoms with Crippen LogP contribution in [-0.2, 0) is 11.2 Å². The molecular formula is C35H49N9O. The van der Waals surface area contributed by atoms with Crippen molar-refractivity contribution >= 4 is 23.0 Å². The van der Waals surface area contributed by atoms with Crippen molar-refractivity contribution in [3.8, 4) is 17.1 Å². The van der Waals surface area contributed by atoms with E-state index in [9.17, 15) is 0 Å². The smallest absolute Gasteiger partial charge is 0.240 e. The van der Waals surface area contributed by atoms with Gasteiger partial charge in [-0.05, 0) is 87.7 Å². The molecule has 0 spiro atoms. The number of aromatic nitrogens is 3.